The van der Waals surface area contributed by atoms with E-state index >= 15 is 0 Å². The van der Waals surface area contributed by atoms with E-state index in [-0.39, 0.29) is 38.4 Å². The van der Waals surface area contributed by atoms with Gasteiger partial charge in [0.2, 0.25) is 5.91 Å². The molecule has 32 heavy (non-hydrogen) atoms. The fourth-order valence-electron chi connectivity index (χ4n) is 3.33. The molecule has 0 aromatic heterocycles. The Labute approximate surface area is 191 Å². The summed E-state index contributed by atoms with van der Waals surface area (Å²) in [5.41, 5.74) is -0.608. The van der Waals surface area contributed by atoms with Gasteiger partial charge in [-0.05, 0) is 40.2 Å². The van der Waals surface area contributed by atoms with E-state index < -0.39 is 35.7 Å². The number of nitrogens with one attached hydrogen (secondary N) is 2. The number of carbonyl (C=O) groups is 2. The highest BCUT2D eigenvalue weighted by Crippen LogP contribution is 2.34. The molecule has 0 aliphatic carbocycles. The Morgan fingerprint density at radius 2 is 1.88 bits per heavy atom. The summed E-state index contributed by atoms with van der Waals surface area (Å²) in [4.78, 5) is 24.5. The minimum atomic E-state index is -0.886. The second kappa shape index (κ2) is 9.50. The van der Waals surface area contributed by atoms with Gasteiger partial charge in [0.25, 0.3) is 0 Å². The Morgan fingerprint density at radius 1 is 1.16 bits per heavy atom. The minimum Gasteiger partial charge on any atom is -0.465 e. The van der Waals surface area contributed by atoms with Crippen LogP contribution in [0.2, 0.25) is 0 Å². The van der Waals surface area contributed by atoms with Crippen LogP contribution in [0.4, 0.5) is 24.5 Å². The molecular formula is C22H22BrF3N2O4. The van der Waals surface area contributed by atoms with Crippen molar-refractivity contribution in [2.75, 3.05) is 31.0 Å². The highest BCUT2D eigenvalue weighted by molar-refractivity contribution is 9.10. The Hall–Kier alpha value is -2.59. The standard InChI is InChI=1S/C22H22BrF3N2O4/c1-22(2)10-32-9-18(22)27-17-6-12(21(30)31-3)5-16(26)20(17)28-19(29)7-11-4-15(25)13(23)8-14(11)24/h4-6,8,18,27H,7,9-10H2,1-3H3,(H,28,29)/t18-/m1/s1. The molecule has 1 aliphatic rings. The van der Waals surface area contributed by atoms with E-state index in [1.165, 1.54) is 13.2 Å². The number of anilines is 2. The molecule has 3 rings (SSSR count). The molecule has 1 amide bonds. The first-order valence-corrected chi connectivity index (χ1v) is 10.5. The van der Waals surface area contributed by atoms with Gasteiger partial charge >= 0.3 is 5.97 Å². The average molecular weight is 515 g/mol. The summed E-state index contributed by atoms with van der Waals surface area (Å²) in [5, 5.41) is 5.53. The van der Waals surface area contributed by atoms with Crippen molar-refractivity contribution >= 4 is 39.2 Å². The molecule has 0 radical (unpaired) electrons. The van der Waals surface area contributed by atoms with Gasteiger partial charge in [0.05, 0.1) is 48.5 Å². The first-order chi connectivity index (χ1) is 15.0. The number of ether oxygens (including phenoxy) is 2. The van der Waals surface area contributed by atoms with Gasteiger partial charge in [-0.1, -0.05) is 13.8 Å². The van der Waals surface area contributed by atoms with Gasteiger partial charge in [-0.15, -0.1) is 0 Å². The summed E-state index contributed by atoms with van der Waals surface area (Å²) in [6.45, 7) is 4.73. The summed E-state index contributed by atoms with van der Waals surface area (Å²) >= 11 is 2.87. The third kappa shape index (κ3) is 5.24. The van der Waals surface area contributed by atoms with Crippen LogP contribution in [-0.2, 0) is 20.7 Å². The number of halogens is 4. The molecule has 10 heteroatoms. The molecule has 0 saturated carbocycles. The molecule has 1 atom stereocenters. The maximum absolute atomic E-state index is 14.9. The summed E-state index contributed by atoms with van der Waals surface area (Å²) in [6.07, 6.45) is -0.522. The summed E-state index contributed by atoms with van der Waals surface area (Å²) in [7, 11) is 1.17. The molecule has 6 nitrogen and oxygen atoms in total. The van der Waals surface area contributed by atoms with E-state index in [0.29, 0.717) is 13.2 Å². The molecule has 2 aromatic rings. The fourth-order valence-corrected chi connectivity index (χ4v) is 3.65. The number of hydrogen-bond donors (Lipinski definition) is 2. The quantitative estimate of drug-likeness (QED) is 0.432. The van der Waals surface area contributed by atoms with Gasteiger partial charge < -0.3 is 20.1 Å². The van der Waals surface area contributed by atoms with E-state index in [4.69, 9.17) is 4.74 Å². The smallest absolute Gasteiger partial charge is 0.338 e. The lowest BCUT2D eigenvalue weighted by molar-refractivity contribution is -0.115. The third-order valence-electron chi connectivity index (χ3n) is 5.25. The molecule has 0 spiro atoms. The predicted octanol–water partition coefficient (Wildman–Crippen LogP) is 4.67. The van der Waals surface area contributed by atoms with Crippen LogP contribution >= 0.6 is 15.9 Å². The number of amides is 1. The summed E-state index contributed by atoms with van der Waals surface area (Å²) < 4.78 is 52.9. The van der Waals surface area contributed by atoms with Crippen LogP contribution in [0.25, 0.3) is 0 Å². The lowest BCUT2D eigenvalue weighted by atomic mass is 9.87. The molecule has 1 aliphatic heterocycles. The number of esters is 1. The maximum atomic E-state index is 14.9. The molecule has 172 valence electrons. The van der Waals surface area contributed by atoms with Gasteiger partial charge in [-0.3, -0.25) is 4.79 Å². The zero-order valence-corrected chi connectivity index (χ0v) is 19.2. The molecule has 2 N–H and O–H groups in total. The Balaban J connectivity index is 1.91. The van der Waals surface area contributed by atoms with Gasteiger partial charge in [0.15, 0.2) is 0 Å². The van der Waals surface area contributed by atoms with Crippen molar-refractivity contribution in [1.29, 1.82) is 0 Å². The molecular weight excluding hydrogens is 493 g/mol. The first-order valence-electron chi connectivity index (χ1n) is 9.71. The van der Waals surface area contributed by atoms with E-state index in [0.717, 1.165) is 18.2 Å². The van der Waals surface area contributed by atoms with Crippen molar-refractivity contribution in [1.82, 2.24) is 0 Å². The lowest BCUT2D eigenvalue weighted by Crippen LogP contribution is -2.35. The largest absolute Gasteiger partial charge is 0.465 e. The van der Waals surface area contributed by atoms with E-state index in [1.807, 2.05) is 13.8 Å². The van der Waals surface area contributed by atoms with Crippen molar-refractivity contribution in [3.05, 3.63) is 57.3 Å². The van der Waals surface area contributed by atoms with Crippen LogP contribution in [0.5, 0.6) is 0 Å². The third-order valence-corrected chi connectivity index (χ3v) is 5.86. The Kier molecular flexibility index (Phi) is 7.14. The van der Waals surface area contributed by atoms with E-state index in [1.54, 1.807) is 0 Å². The van der Waals surface area contributed by atoms with E-state index in [2.05, 4.69) is 31.3 Å². The second-order valence-corrected chi connectivity index (χ2v) is 9.01. The molecule has 0 unspecified atom stereocenters. The van der Waals surface area contributed by atoms with Crippen molar-refractivity contribution < 1.29 is 32.2 Å². The Morgan fingerprint density at radius 3 is 2.50 bits per heavy atom. The molecule has 1 fully saturated rings. The molecule has 1 heterocycles. The van der Waals surface area contributed by atoms with Gasteiger partial charge in [-0.2, -0.15) is 0 Å². The van der Waals surface area contributed by atoms with Gasteiger partial charge in [-0.25, -0.2) is 18.0 Å². The van der Waals surface area contributed by atoms with Crippen LogP contribution in [0.15, 0.2) is 28.7 Å². The fraction of sp³-hybridized carbons (Fsp3) is 0.364. The number of methoxy groups -OCH3 is 1. The first kappa shape index (κ1) is 24.1. The molecule has 1 saturated heterocycles. The number of rotatable bonds is 6. The Bertz CT molecular complexity index is 1060. The van der Waals surface area contributed by atoms with Crippen LogP contribution in [0.1, 0.15) is 29.8 Å². The van der Waals surface area contributed by atoms with Crippen molar-refractivity contribution in [2.45, 2.75) is 26.3 Å². The highest BCUT2D eigenvalue weighted by Gasteiger charge is 2.36. The molecule has 0 bridgehead atoms. The number of benzene rings is 2. The van der Waals surface area contributed by atoms with Crippen molar-refractivity contribution in [3.63, 3.8) is 0 Å². The average Bonchev–Trinajstić information content (AvgIpc) is 3.05. The van der Waals surface area contributed by atoms with Crippen LogP contribution in [0, 0.1) is 22.9 Å². The number of carbonyl (C=O) groups excluding carboxylic acids is 2. The minimum absolute atomic E-state index is 0.0526. The second-order valence-electron chi connectivity index (χ2n) is 8.16. The summed E-state index contributed by atoms with van der Waals surface area (Å²) in [5.74, 6) is -3.91. The lowest BCUT2D eigenvalue weighted by Gasteiger charge is -2.27. The van der Waals surface area contributed by atoms with E-state index in [9.17, 15) is 22.8 Å². The zero-order chi connectivity index (χ0) is 23.6. The highest BCUT2D eigenvalue weighted by atomic mass is 79.9. The predicted molar refractivity (Wildman–Crippen MR) is 116 cm³/mol. The van der Waals surface area contributed by atoms with Crippen molar-refractivity contribution in [2.24, 2.45) is 5.41 Å². The SMILES string of the molecule is COC(=O)c1cc(F)c(NC(=O)Cc2cc(F)c(Br)cc2F)c(N[C@@H]2COCC2(C)C)c1. The molecule has 2 aromatic carbocycles. The number of hydrogen-bond acceptors (Lipinski definition) is 5. The van der Waals surface area contributed by atoms with Crippen molar-refractivity contribution in [3.8, 4) is 0 Å². The zero-order valence-electron chi connectivity index (χ0n) is 17.7. The van der Waals surface area contributed by atoms with Gasteiger partial charge in [0.1, 0.15) is 23.1 Å². The van der Waals surface area contributed by atoms with Crippen LogP contribution < -0.4 is 10.6 Å². The summed E-state index contributed by atoms with van der Waals surface area (Å²) in [6, 6.07) is 3.87. The van der Waals surface area contributed by atoms with Gasteiger partial charge in [0, 0.05) is 11.0 Å². The monoisotopic (exact) mass is 514 g/mol. The topological polar surface area (TPSA) is 76.7 Å². The van der Waals surface area contributed by atoms with Crippen LogP contribution in [-0.4, -0.2) is 38.2 Å². The van der Waals surface area contributed by atoms with Crippen LogP contribution in [0.3, 0.4) is 0 Å². The maximum Gasteiger partial charge on any atom is 0.338 e. The normalized spacial score (nSPS) is 17.2.